The van der Waals surface area contributed by atoms with Gasteiger partial charge in [0, 0.05) is 30.2 Å². The lowest BCUT2D eigenvalue weighted by molar-refractivity contribution is -0.385. The van der Waals surface area contributed by atoms with Crippen molar-refractivity contribution < 1.29 is 13.3 Å². The summed E-state index contributed by atoms with van der Waals surface area (Å²) in [5, 5.41) is 10.8. The standard InChI is InChI=1S/C16H15N3O4S/c1-11(12-5-3-2-4-6-12)10-17-16-14-8-7-13(19(20)21)9-15(14)24(22,23)18-16/h2-9,11H,10H2,1H3,(H,17,18). The zero-order chi connectivity index (χ0) is 17.3. The molecule has 7 nitrogen and oxygen atoms in total. The monoisotopic (exact) mass is 345 g/mol. The molecule has 3 rings (SSSR count). The van der Waals surface area contributed by atoms with Crippen LogP contribution in [0.15, 0.2) is 58.4 Å². The van der Waals surface area contributed by atoms with E-state index in [-0.39, 0.29) is 22.3 Å². The van der Waals surface area contributed by atoms with Crippen LogP contribution in [0.2, 0.25) is 0 Å². The number of aliphatic imine (C=N–C) groups is 1. The van der Waals surface area contributed by atoms with E-state index in [0.29, 0.717) is 12.1 Å². The minimum absolute atomic E-state index is 0.109. The summed E-state index contributed by atoms with van der Waals surface area (Å²) in [7, 11) is -3.81. The second-order valence-electron chi connectivity index (χ2n) is 5.54. The van der Waals surface area contributed by atoms with Crippen molar-refractivity contribution in [2.45, 2.75) is 17.7 Å². The molecule has 0 amide bonds. The van der Waals surface area contributed by atoms with Crippen LogP contribution in [0, 0.1) is 10.1 Å². The molecule has 0 saturated carbocycles. The molecule has 0 radical (unpaired) electrons. The molecule has 0 spiro atoms. The fourth-order valence-electron chi connectivity index (χ4n) is 2.51. The third-order valence-corrected chi connectivity index (χ3v) is 5.22. The summed E-state index contributed by atoms with van der Waals surface area (Å²) in [6.07, 6.45) is 0. The zero-order valence-electron chi connectivity index (χ0n) is 12.8. The average molecular weight is 345 g/mol. The molecule has 0 aliphatic carbocycles. The van der Waals surface area contributed by atoms with Gasteiger partial charge in [-0.15, -0.1) is 0 Å². The summed E-state index contributed by atoms with van der Waals surface area (Å²) in [6.45, 7) is 2.40. The number of hydrogen-bond donors (Lipinski definition) is 1. The molecule has 1 unspecified atom stereocenters. The highest BCUT2D eigenvalue weighted by molar-refractivity contribution is 7.90. The first kappa shape index (κ1) is 16.1. The predicted octanol–water partition coefficient (Wildman–Crippen LogP) is 2.44. The van der Waals surface area contributed by atoms with Crippen LogP contribution in [0.25, 0.3) is 0 Å². The maximum atomic E-state index is 12.1. The predicted molar refractivity (Wildman–Crippen MR) is 89.7 cm³/mol. The molecule has 1 heterocycles. The molecule has 1 aliphatic rings. The summed E-state index contributed by atoms with van der Waals surface area (Å²) < 4.78 is 26.6. The van der Waals surface area contributed by atoms with Gasteiger partial charge < -0.3 is 0 Å². The molecule has 2 aromatic carbocycles. The Balaban J connectivity index is 1.91. The van der Waals surface area contributed by atoms with Crippen molar-refractivity contribution in [3.05, 3.63) is 69.8 Å². The van der Waals surface area contributed by atoms with Gasteiger partial charge in [0.1, 0.15) is 10.7 Å². The lowest BCUT2D eigenvalue weighted by Gasteiger charge is -2.09. The van der Waals surface area contributed by atoms with Crippen LogP contribution in [0.5, 0.6) is 0 Å². The molecule has 0 fully saturated rings. The van der Waals surface area contributed by atoms with Crippen molar-refractivity contribution in [2.75, 3.05) is 6.54 Å². The first-order chi connectivity index (χ1) is 11.4. The number of nitrogens with zero attached hydrogens (tertiary/aromatic N) is 2. The molecule has 0 saturated heterocycles. The molecule has 0 aromatic heterocycles. The van der Waals surface area contributed by atoms with Crippen molar-refractivity contribution in [1.29, 1.82) is 0 Å². The average Bonchev–Trinajstić information content (AvgIpc) is 2.83. The van der Waals surface area contributed by atoms with Crippen LogP contribution in [-0.4, -0.2) is 25.7 Å². The molecule has 24 heavy (non-hydrogen) atoms. The molecule has 2 aromatic rings. The van der Waals surface area contributed by atoms with E-state index in [0.717, 1.165) is 11.6 Å². The molecule has 1 aliphatic heterocycles. The minimum atomic E-state index is -3.81. The van der Waals surface area contributed by atoms with Gasteiger partial charge >= 0.3 is 0 Å². The largest absolute Gasteiger partial charge is 0.270 e. The number of nitrogens with one attached hydrogen (secondary N) is 1. The maximum Gasteiger partial charge on any atom is 0.270 e. The molecule has 0 bridgehead atoms. The highest BCUT2D eigenvalue weighted by atomic mass is 32.2. The number of sulfonamides is 1. The Morgan fingerprint density at radius 2 is 1.92 bits per heavy atom. The van der Waals surface area contributed by atoms with Crippen molar-refractivity contribution in [2.24, 2.45) is 4.99 Å². The third kappa shape index (κ3) is 3.00. The van der Waals surface area contributed by atoms with Gasteiger partial charge in [0.25, 0.3) is 15.7 Å². The van der Waals surface area contributed by atoms with E-state index in [9.17, 15) is 18.5 Å². The van der Waals surface area contributed by atoms with E-state index in [1.54, 1.807) is 0 Å². The van der Waals surface area contributed by atoms with Crippen LogP contribution in [0.1, 0.15) is 24.0 Å². The van der Waals surface area contributed by atoms with Crippen LogP contribution < -0.4 is 4.72 Å². The van der Waals surface area contributed by atoms with Crippen LogP contribution in [0.3, 0.4) is 0 Å². The third-order valence-electron chi connectivity index (χ3n) is 3.84. The van der Waals surface area contributed by atoms with Crippen molar-refractivity contribution in [3.8, 4) is 0 Å². The Kier molecular flexibility index (Phi) is 4.06. The Hall–Kier alpha value is -2.74. The fraction of sp³-hybridized carbons (Fsp3) is 0.188. The highest BCUT2D eigenvalue weighted by Crippen LogP contribution is 2.27. The van der Waals surface area contributed by atoms with E-state index in [2.05, 4.69) is 9.71 Å². The van der Waals surface area contributed by atoms with Crippen molar-refractivity contribution >= 4 is 21.5 Å². The Morgan fingerprint density at radius 3 is 2.58 bits per heavy atom. The van der Waals surface area contributed by atoms with Gasteiger partial charge in [0.2, 0.25) is 0 Å². The molecular weight excluding hydrogens is 330 g/mol. The Morgan fingerprint density at radius 1 is 1.21 bits per heavy atom. The van der Waals surface area contributed by atoms with E-state index < -0.39 is 14.9 Å². The van der Waals surface area contributed by atoms with Crippen LogP contribution in [0.4, 0.5) is 5.69 Å². The van der Waals surface area contributed by atoms with Gasteiger partial charge in [-0.3, -0.25) is 19.8 Å². The molecule has 1 atom stereocenters. The van der Waals surface area contributed by atoms with Crippen LogP contribution >= 0.6 is 0 Å². The first-order valence-corrected chi connectivity index (χ1v) is 8.78. The number of nitro benzene ring substituents is 1. The van der Waals surface area contributed by atoms with Gasteiger partial charge in [0.15, 0.2) is 0 Å². The zero-order valence-corrected chi connectivity index (χ0v) is 13.7. The number of hydrogen-bond acceptors (Lipinski definition) is 5. The van der Waals surface area contributed by atoms with E-state index in [1.165, 1.54) is 12.1 Å². The van der Waals surface area contributed by atoms with Crippen LogP contribution in [-0.2, 0) is 10.0 Å². The lowest BCUT2D eigenvalue weighted by Crippen LogP contribution is -2.22. The summed E-state index contributed by atoms with van der Waals surface area (Å²) in [5.74, 6) is 0.341. The van der Waals surface area contributed by atoms with E-state index in [4.69, 9.17) is 0 Å². The molecule has 1 N–H and O–H groups in total. The number of amidine groups is 1. The van der Waals surface area contributed by atoms with E-state index >= 15 is 0 Å². The highest BCUT2D eigenvalue weighted by Gasteiger charge is 2.32. The second kappa shape index (κ2) is 6.04. The summed E-state index contributed by atoms with van der Waals surface area (Å²) in [6, 6.07) is 13.5. The first-order valence-electron chi connectivity index (χ1n) is 7.29. The Bertz CT molecular complexity index is 924. The second-order valence-corrected chi connectivity index (χ2v) is 7.19. The fourth-order valence-corrected chi connectivity index (χ4v) is 3.78. The van der Waals surface area contributed by atoms with Gasteiger partial charge in [0.05, 0.1) is 4.92 Å². The summed E-state index contributed by atoms with van der Waals surface area (Å²) >= 11 is 0. The number of rotatable bonds is 4. The number of fused-ring (bicyclic) bond motifs is 1. The summed E-state index contributed by atoms with van der Waals surface area (Å²) in [5.41, 5.74) is 1.20. The number of benzene rings is 2. The number of nitro groups is 1. The number of non-ortho nitro benzene ring substituents is 1. The van der Waals surface area contributed by atoms with Gasteiger partial charge in [-0.25, -0.2) is 8.42 Å². The van der Waals surface area contributed by atoms with Crippen molar-refractivity contribution in [3.63, 3.8) is 0 Å². The minimum Gasteiger partial charge on any atom is -0.267 e. The van der Waals surface area contributed by atoms with E-state index in [1.807, 2.05) is 37.3 Å². The maximum absolute atomic E-state index is 12.1. The molecule has 124 valence electrons. The smallest absolute Gasteiger partial charge is 0.267 e. The lowest BCUT2D eigenvalue weighted by atomic mass is 10.0. The van der Waals surface area contributed by atoms with Gasteiger partial charge in [-0.1, -0.05) is 37.3 Å². The van der Waals surface area contributed by atoms with Crippen molar-refractivity contribution in [1.82, 2.24) is 4.72 Å². The topological polar surface area (TPSA) is 102 Å². The quantitative estimate of drug-likeness (QED) is 0.679. The van der Waals surface area contributed by atoms with Gasteiger partial charge in [-0.2, -0.15) is 0 Å². The molecular formula is C16H15N3O4S. The SMILES string of the molecule is CC(CN=C1NS(=O)(=O)c2cc([N+](=O)[O-])ccc21)c1ccccc1. The van der Waals surface area contributed by atoms with Gasteiger partial charge in [-0.05, 0) is 11.6 Å². The summed E-state index contributed by atoms with van der Waals surface area (Å²) in [4.78, 5) is 14.5. The normalized spacial score (nSPS) is 18.0. The molecule has 8 heteroatoms. The Labute approximate surface area is 139 Å².